The molecule has 0 radical (unpaired) electrons. The number of carbonyl (C=O) groups is 3. The van der Waals surface area contributed by atoms with Crippen LogP contribution in [0, 0.1) is 10.5 Å². The third-order valence-electron chi connectivity index (χ3n) is 3.81. The number of rotatable bonds is 9. The molecule has 0 saturated carbocycles. The summed E-state index contributed by atoms with van der Waals surface area (Å²) >= 11 is 2.10. The van der Waals surface area contributed by atoms with Crippen LogP contribution < -0.4 is 0 Å². The minimum Gasteiger partial charge on any atom is -0.465 e. The molecule has 0 aliphatic rings. The first-order chi connectivity index (χ1) is 12.8. The van der Waals surface area contributed by atoms with Crippen molar-refractivity contribution in [2.75, 3.05) is 19.8 Å². The van der Waals surface area contributed by atoms with Gasteiger partial charge in [0.15, 0.2) is 5.41 Å². The van der Waals surface area contributed by atoms with E-state index in [0.717, 1.165) is 9.13 Å². The molecule has 0 fully saturated rings. The van der Waals surface area contributed by atoms with Crippen LogP contribution in [-0.2, 0) is 34.0 Å². The van der Waals surface area contributed by atoms with E-state index in [-0.39, 0.29) is 26.2 Å². The molecular formula is C20H25IO6. The highest BCUT2D eigenvalue weighted by Gasteiger charge is 2.50. The Morgan fingerprint density at radius 1 is 1.04 bits per heavy atom. The fourth-order valence-corrected chi connectivity index (χ4v) is 3.68. The Labute approximate surface area is 173 Å². The molecule has 0 saturated heterocycles. The van der Waals surface area contributed by atoms with Gasteiger partial charge < -0.3 is 14.2 Å². The lowest BCUT2D eigenvalue weighted by Gasteiger charge is -2.29. The quantitative estimate of drug-likeness (QED) is 0.174. The monoisotopic (exact) mass is 488 g/mol. The summed E-state index contributed by atoms with van der Waals surface area (Å²) in [6.45, 7) is 6.95. The van der Waals surface area contributed by atoms with Crippen LogP contribution in [0.1, 0.15) is 38.3 Å². The predicted molar refractivity (Wildman–Crippen MR) is 109 cm³/mol. The Kier molecular flexibility index (Phi) is 9.48. The largest absolute Gasteiger partial charge is 0.465 e. The molecule has 0 spiro atoms. The third kappa shape index (κ3) is 6.05. The van der Waals surface area contributed by atoms with Gasteiger partial charge in [0.05, 0.1) is 13.2 Å². The number of hydrogen-bond donors (Lipinski definition) is 0. The lowest BCUT2D eigenvalue weighted by atomic mass is 9.77. The van der Waals surface area contributed by atoms with Gasteiger partial charge in [-0.2, -0.15) is 0 Å². The molecule has 27 heavy (non-hydrogen) atoms. The van der Waals surface area contributed by atoms with E-state index in [1.165, 1.54) is 6.92 Å². The number of ether oxygens (including phenoxy) is 3. The summed E-state index contributed by atoms with van der Waals surface area (Å²) in [5.41, 5.74) is -0.0823. The zero-order chi connectivity index (χ0) is 20.4. The molecule has 0 N–H and O–H groups in total. The molecule has 0 amide bonds. The van der Waals surface area contributed by atoms with Gasteiger partial charge in [-0.3, -0.25) is 14.4 Å². The highest BCUT2D eigenvalue weighted by atomic mass is 127. The van der Waals surface area contributed by atoms with Gasteiger partial charge in [0.1, 0.15) is 6.61 Å². The second-order valence-corrected chi connectivity index (χ2v) is 6.97. The van der Waals surface area contributed by atoms with Crippen LogP contribution in [0.2, 0.25) is 0 Å². The van der Waals surface area contributed by atoms with E-state index in [4.69, 9.17) is 14.2 Å². The number of esters is 3. The summed E-state index contributed by atoms with van der Waals surface area (Å²) in [5.74, 6) is -1.74. The number of carbonyl (C=O) groups excluding carboxylic acids is 3. The van der Waals surface area contributed by atoms with E-state index in [9.17, 15) is 14.4 Å². The summed E-state index contributed by atoms with van der Waals surface area (Å²) in [5, 5.41) is 0. The molecule has 0 aliphatic carbocycles. The number of hydrogen-bond acceptors (Lipinski definition) is 6. The minimum absolute atomic E-state index is 0.0327. The van der Waals surface area contributed by atoms with Gasteiger partial charge in [-0.25, -0.2) is 0 Å². The second-order valence-electron chi connectivity index (χ2n) is 5.81. The fourth-order valence-electron chi connectivity index (χ4n) is 2.55. The molecule has 0 unspecified atom stereocenters. The number of halogens is 1. The molecule has 6 nitrogen and oxygen atoms in total. The molecule has 0 heterocycles. The summed E-state index contributed by atoms with van der Waals surface area (Å²) in [7, 11) is 0. The maximum Gasteiger partial charge on any atom is 0.328 e. The topological polar surface area (TPSA) is 78.9 Å². The van der Waals surface area contributed by atoms with Crippen LogP contribution in [0.15, 0.2) is 30.4 Å². The lowest BCUT2D eigenvalue weighted by Crippen LogP contribution is -2.46. The molecule has 1 aromatic carbocycles. The van der Waals surface area contributed by atoms with E-state index in [2.05, 4.69) is 22.6 Å². The minimum atomic E-state index is -1.62. The molecule has 148 valence electrons. The highest BCUT2D eigenvalue weighted by molar-refractivity contribution is 14.1. The van der Waals surface area contributed by atoms with Crippen LogP contribution in [0.3, 0.4) is 0 Å². The van der Waals surface area contributed by atoms with Crippen molar-refractivity contribution in [3.05, 3.63) is 45.0 Å². The van der Waals surface area contributed by atoms with Crippen molar-refractivity contribution in [2.24, 2.45) is 0 Å². The van der Waals surface area contributed by atoms with Crippen LogP contribution in [-0.4, -0.2) is 37.7 Å². The third-order valence-corrected chi connectivity index (χ3v) is 4.70. The normalized spacial score (nSPS) is 11.3. The maximum absolute atomic E-state index is 12.9. The summed E-state index contributed by atoms with van der Waals surface area (Å²) in [4.78, 5) is 36.8. The Hall–Kier alpha value is -1.90. The molecule has 0 aromatic heterocycles. The molecule has 0 bridgehead atoms. The Bertz CT molecular complexity index is 692. The van der Waals surface area contributed by atoms with Gasteiger partial charge in [0.25, 0.3) is 0 Å². The fraction of sp³-hybridized carbons (Fsp3) is 0.450. The van der Waals surface area contributed by atoms with Gasteiger partial charge in [-0.05, 0) is 61.4 Å². The Morgan fingerprint density at radius 3 is 2.11 bits per heavy atom. The zero-order valence-corrected chi connectivity index (χ0v) is 18.2. The van der Waals surface area contributed by atoms with E-state index < -0.39 is 23.3 Å². The van der Waals surface area contributed by atoms with Crippen molar-refractivity contribution >= 4 is 40.5 Å². The van der Waals surface area contributed by atoms with Crippen molar-refractivity contribution < 1.29 is 28.6 Å². The summed E-state index contributed by atoms with van der Waals surface area (Å²) in [6, 6.07) is 5.49. The Balaban J connectivity index is 3.41. The number of aryl methyl sites for hydroxylation is 1. The zero-order valence-electron chi connectivity index (χ0n) is 16.0. The van der Waals surface area contributed by atoms with E-state index >= 15 is 0 Å². The predicted octanol–water partition coefficient (Wildman–Crippen LogP) is 3.47. The van der Waals surface area contributed by atoms with Gasteiger partial charge in [-0.15, -0.1) is 0 Å². The first-order valence-corrected chi connectivity index (χ1v) is 9.76. The SMILES string of the molecule is CCOC(=O)C(C/C=C/COC(C)=O)(C(=O)OCC)c1ccc(C)cc1I. The van der Waals surface area contributed by atoms with Crippen LogP contribution in [0.25, 0.3) is 0 Å². The van der Waals surface area contributed by atoms with Crippen LogP contribution >= 0.6 is 22.6 Å². The van der Waals surface area contributed by atoms with Crippen LogP contribution in [0.5, 0.6) is 0 Å². The van der Waals surface area contributed by atoms with Crippen LogP contribution in [0.4, 0.5) is 0 Å². The molecule has 0 atom stereocenters. The maximum atomic E-state index is 12.9. The smallest absolute Gasteiger partial charge is 0.328 e. The van der Waals surface area contributed by atoms with Crippen molar-refractivity contribution in [3.8, 4) is 0 Å². The number of allylic oxidation sites excluding steroid dienone is 1. The van der Waals surface area contributed by atoms with E-state index in [1.54, 1.807) is 32.1 Å². The number of benzene rings is 1. The van der Waals surface area contributed by atoms with E-state index in [1.807, 2.05) is 19.1 Å². The van der Waals surface area contributed by atoms with Crippen molar-refractivity contribution in [1.82, 2.24) is 0 Å². The molecule has 1 aromatic rings. The van der Waals surface area contributed by atoms with Crippen molar-refractivity contribution in [1.29, 1.82) is 0 Å². The first-order valence-electron chi connectivity index (χ1n) is 8.69. The van der Waals surface area contributed by atoms with Crippen molar-refractivity contribution in [3.63, 3.8) is 0 Å². The second kappa shape index (κ2) is 11.1. The highest BCUT2D eigenvalue weighted by Crippen LogP contribution is 2.36. The van der Waals surface area contributed by atoms with Gasteiger partial charge in [0, 0.05) is 10.5 Å². The summed E-state index contributed by atoms with van der Waals surface area (Å²) in [6.07, 6.45) is 3.26. The van der Waals surface area contributed by atoms with Gasteiger partial charge in [0.2, 0.25) is 0 Å². The molecule has 7 heteroatoms. The molecule has 0 aliphatic heterocycles. The first kappa shape index (κ1) is 23.1. The summed E-state index contributed by atoms with van der Waals surface area (Å²) < 4.78 is 16.1. The average molecular weight is 488 g/mol. The molecular weight excluding hydrogens is 463 g/mol. The van der Waals surface area contributed by atoms with Gasteiger partial charge in [-0.1, -0.05) is 29.8 Å². The van der Waals surface area contributed by atoms with E-state index in [0.29, 0.717) is 5.56 Å². The van der Waals surface area contributed by atoms with Crippen molar-refractivity contribution in [2.45, 2.75) is 39.5 Å². The van der Waals surface area contributed by atoms with Gasteiger partial charge >= 0.3 is 17.9 Å². The average Bonchev–Trinajstić information content (AvgIpc) is 2.59. The Morgan fingerprint density at radius 2 is 1.63 bits per heavy atom. The lowest BCUT2D eigenvalue weighted by molar-refractivity contribution is -0.164. The standard InChI is InChI=1S/C20H25IO6/c1-5-25-18(23)20(19(24)26-6-2,11-7-8-12-27-15(4)22)16-10-9-14(3)13-17(16)21/h7-10,13H,5-6,11-12H2,1-4H3/b8-7+. The molecule has 1 rings (SSSR count).